The van der Waals surface area contributed by atoms with Gasteiger partial charge in [0, 0.05) is 5.92 Å². The Morgan fingerprint density at radius 1 is 0.792 bits per heavy atom. The maximum absolute atomic E-state index is 13.3. The van der Waals surface area contributed by atoms with E-state index in [1.807, 2.05) is 6.92 Å². The van der Waals surface area contributed by atoms with E-state index in [0.717, 1.165) is 12.7 Å². The Labute approximate surface area is 145 Å². The van der Waals surface area contributed by atoms with Gasteiger partial charge in [0.25, 0.3) is 0 Å². The zero-order valence-corrected chi connectivity index (χ0v) is 17.2. The molecule has 144 valence electrons. The van der Waals surface area contributed by atoms with Gasteiger partial charge < -0.3 is 22.9 Å². The van der Waals surface area contributed by atoms with E-state index >= 15 is 0 Å². The Balaban J connectivity index is 5.89. The van der Waals surface area contributed by atoms with Crippen LogP contribution in [-0.4, -0.2) is 38.1 Å². The number of carbonyl (C=O) groups excluding carboxylic acids is 1. The molecule has 0 N–H and O–H groups in total. The average Bonchev–Trinajstić information content (AvgIpc) is 2.52. The minimum atomic E-state index is -3.77. The van der Waals surface area contributed by atoms with Gasteiger partial charge in [-0.15, -0.1) is 0 Å². The largest absolute Gasteiger partial charge is 0.345 e. The maximum Gasteiger partial charge on any atom is 0.345 e. The molecule has 0 aliphatic carbocycles. The third-order valence-electron chi connectivity index (χ3n) is 3.33. The van der Waals surface area contributed by atoms with E-state index in [0.29, 0.717) is 6.42 Å². The van der Waals surface area contributed by atoms with Gasteiger partial charge in [0.2, 0.25) is 0 Å². The molecular weight excluding hydrogens is 354 g/mol. The Morgan fingerprint density at radius 2 is 1.17 bits per heavy atom. The lowest BCUT2D eigenvalue weighted by molar-refractivity contribution is -0.111. The summed E-state index contributed by atoms with van der Waals surface area (Å²) >= 11 is 0. The predicted octanol–water partition coefficient (Wildman–Crippen LogP) is 4.85. The van der Waals surface area contributed by atoms with Crippen LogP contribution in [0.1, 0.15) is 53.9 Å². The fourth-order valence-electron chi connectivity index (χ4n) is 2.45. The Morgan fingerprint density at radius 3 is 1.42 bits per heavy atom. The van der Waals surface area contributed by atoms with Crippen LogP contribution in [0.4, 0.5) is 0 Å². The molecule has 0 saturated carbocycles. The molecule has 24 heavy (non-hydrogen) atoms. The van der Waals surface area contributed by atoms with Gasteiger partial charge in [0.1, 0.15) is 6.29 Å². The fourth-order valence-corrected chi connectivity index (χ4v) is 7.97. The monoisotopic (exact) mass is 386 g/mol. The van der Waals surface area contributed by atoms with Crippen molar-refractivity contribution >= 4 is 21.5 Å². The molecule has 0 fully saturated rings. The molecule has 0 bridgehead atoms. The molecule has 7 nitrogen and oxygen atoms in total. The van der Waals surface area contributed by atoms with E-state index in [1.165, 1.54) is 0 Å². The molecule has 0 amide bonds. The number of hydrogen-bond donors (Lipinski definition) is 0. The van der Waals surface area contributed by atoms with Crippen molar-refractivity contribution in [3.8, 4) is 0 Å². The molecule has 0 radical (unpaired) electrons. The van der Waals surface area contributed by atoms with Crippen molar-refractivity contribution < 1.29 is 32.0 Å². The van der Waals surface area contributed by atoms with Crippen LogP contribution in [0.2, 0.25) is 0 Å². The van der Waals surface area contributed by atoms with Crippen molar-refractivity contribution in [1.82, 2.24) is 0 Å². The first kappa shape index (κ1) is 24.0. The van der Waals surface area contributed by atoms with E-state index in [4.69, 9.17) is 18.1 Å². The minimum absolute atomic E-state index is 0.0753. The highest BCUT2D eigenvalue weighted by molar-refractivity contribution is 7.72. The van der Waals surface area contributed by atoms with Crippen LogP contribution in [0.25, 0.3) is 0 Å². The first-order valence-corrected chi connectivity index (χ1v) is 11.8. The van der Waals surface area contributed by atoms with Crippen LogP contribution >= 0.6 is 15.2 Å². The molecular formula is C15H32O7P2. The molecule has 0 aliphatic rings. The second-order valence-corrected chi connectivity index (χ2v) is 10.00. The van der Waals surface area contributed by atoms with Gasteiger partial charge in [-0.1, -0.05) is 13.3 Å². The second kappa shape index (κ2) is 12.3. The molecule has 0 aromatic carbocycles. The smallest absolute Gasteiger partial charge is 0.308 e. The fraction of sp³-hybridized carbons (Fsp3) is 0.933. The lowest BCUT2D eigenvalue weighted by Crippen LogP contribution is -2.21. The number of rotatable bonds is 15. The summed E-state index contributed by atoms with van der Waals surface area (Å²) in [6.07, 6.45) is 2.24. The Hall–Kier alpha value is -0.0300. The van der Waals surface area contributed by atoms with Gasteiger partial charge in [-0.3, -0.25) is 9.13 Å². The van der Waals surface area contributed by atoms with E-state index in [2.05, 4.69) is 0 Å². The van der Waals surface area contributed by atoms with Crippen molar-refractivity contribution in [3.05, 3.63) is 0 Å². The summed E-state index contributed by atoms with van der Waals surface area (Å²) < 4.78 is 48.1. The summed E-state index contributed by atoms with van der Waals surface area (Å²) in [5, 5.41) is -1.12. The molecule has 0 rings (SSSR count). The lowest BCUT2D eigenvalue weighted by atomic mass is 10.0. The van der Waals surface area contributed by atoms with Crippen LogP contribution in [0.15, 0.2) is 0 Å². The lowest BCUT2D eigenvalue weighted by Gasteiger charge is -2.32. The summed E-state index contributed by atoms with van der Waals surface area (Å²) in [6.45, 7) is 9.18. The van der Waals surface area contributed by atoms with Crippen LogP contribution < -0.4 is 0 Å². The predicted molar refractivity (Wildman–Crippen MR) is 94.6 cm³/mol. The van der Waals surface area contributed by atoms with Gasteiger partial charge in [0.05, 0.1) is 26.4 Å². The highest BCUT2D eigenvalue weighted by Gasteiger charge is 2.51. The third kappa shape index (κ3) is 7.07. The number of aldehydes is 1. The van der Waals surface area contributed by atoms with Crippen molar-refractivity contribution in [1.29, 1.82) is 0 Å². The van der Waals surface area contributed by atoms with Gasteiger partial charge >= 0.3 is 15.2 Å². The van der Waals surface area contributed by atoms with Crippen molar-refractivity contribution in [2.75, 3.05) is 26.4 Å². The van der Waals surface area contributed by atoms with Crippen LogP contribution in [-0.2, 0) is 32.0 Å². The van der Waals surface area contributed by atoms with Gasteiger partial charge in [0.15, 0.2) is 5.40 Å². The van der Waals surface area contributed by atoms with Gasteiger partial charge in [-0.25, -0.2) is 0 Å². The van der Waals surface area contributed by atoms with Gasteiger partial charge in [-0.05, 0) is 40.5 Å². The normalized spacial score (nSPS) is 14.1. The standard InChI is InChI=1S/C15H32O7P2/c1-6-11-14(13-16)12-15(23(17,19-7-2)20-8-3)24(18,21-9-4)22-10-5/h13-15H,6-12H2,1-5H3. The molecule has 0 aromatic rings. The average molecular weight is 386 g/mol. The van der Waals surface area contributed by atoms with Crippen molar-refractivity contribution in [3.63, 3.8) is 0 Å². The molecule has 0 heterocycles. The first-order valence-electron chi connectivity index (χ1n) is 8.60. The third-order valence-corrected chi connectivity index (χ3v) is 9.38. The van der Waals surface area contributed by atoms with Crippen molar-refractivity contribution in [2.45, 2.75) is 59.3 Å². The molecule has 9 heteroatoms. The van der Waals surface area contributed by atoms with Crippen LogP contribution in [0.3, 0.4) is 0 Å². The molecule has 0 spiro atoms. The SMILES string of the molecule is CCCC(C=O)CC(P(=O)(OCC)OCC)P(=O)(OCC)OCC. The zero-order chi connectivity index (χ0) is 18.6. The summed E-state index contributed by atoms with van der Waals surface area (Å²) in [5.41, 5.74) is 0. The summed E-state index contributed by atoms with van der Waals surface area (Å²) in [4.78, 5) is 11.4. The summed E-state index contributed by atoms with van der Waals surface area (Å²) in [6, 6.07) is 0. The second-order valence-electron chi connectivity index (χ2n) is 5.15. The topological polar surface area (TPSA) is 88.1 Å². The molecule has 1 atom stereocenters. The summed E-state index contributed by atoms with van der Waals surface area (Å²) in [7, 11) is -7.55. The van der Waals surface area contributed by atoms with Crippen LogP contribution in [0, 0.1) is 5.92 Å². The molecule has 1 unspecified atom stereocenters. The molecule has 0 saturated heterocycles. The zero-order valence-electron chi connectivity index (χ0n) is 15.4. The minimum Gasteiger partial charge on any atom is -0.308 e. The highest BCUT2D eigenvalue weighted by Crippen LogP contribution is 2.72. The maximum atomic E-state index is 13.3. The highest BCUT2D eigenvalue weighted by atomic mass is 31.2. The molecule has 0 aromatic heterocycles. The van der Waals surface area contributed by atoms with Gasteiger partial charge in [-0.2, -0.15) is 0 Å². The van der Waals surface area contributed by atoms with E-state index in [-0.39, 0.29) is 32.8 Å². The quantitative estimate of drug-likeness (QED) is 0.294. The first-order chi connectivity index (χ1) is 11.4. The number of hydrogen-bond acceptors (Lipinski definition) is 7. The summed E-state index contributed by atoms with van der Waals surface area (Å²) in [5.74, 6) is -0.413. The van der Waals surface area contributed by atoms with E-state index in [1.54, 1.807) is 27.7 Å². The number of carbonyl (C=O) groups is 1. The van der Waals surface area contributed by atoms with E-state index in [9.17, 15) is 13.9 Å². The van der Waals surface area contributed by atoms with Crippen LogP contribution in [0.5, 0.6) is 0 Å². The Kier molecular flexibility index (Phi) is 12.3. The van der Waals surface area contributed by atoms with Crippen molar-refractivity contribution in [2.24, 2.45) is 5.92 Å². The molecule has 0 aliphatic heterocycles. The van der Waals surface area contributed by atoms with E-state index < -0.39 is 26.5 Å². The Bertz CT molecular complexity index is 392.